The second kappa shape index (κ2) is 7.05. The predicted octanol–water partition coefficient (Wildman–Crippen LogP) is 3.10. The van der Waals surface area contributed by atoms with Crippen molar-refractivity contribution in [2.24, 2.45) is 0 Å². The van der Waals surface area contributed by atoms with Crippen molar-refractivity contribution in [1.82, 2.24) is 4.90 Å². The second-order valence-corrected chi connectivity index (χ2v) is 6.25. The molecule has 0 radical (unpaired) electrons. The van der Waals surface area contributed by atoms with Crippen molar-refractivity contribution in [3.05, 3.63) is 23.8 Å². The number of amides is 2. The number of hydrogen-bond donors (Lipinski definition) is 0. The number of halogens is 3. The molecule has 1 atom stereocenters. The number of alkyl halides is 3. The molecule has 0 bridgehead atoms. The van der Waals surface area contributed by atoms with Crippen LogP contribution >= 0.6 is 0 Å². The Bertz CT molecular complexity index is 708. The van der Waals surface area contributed by atoms with Crippen molar-refractivity contribution >= 4 is 17.7 Å². The number of hydrogen-bond acceptors (Lipinski definition) is 4. The summed E-state index contributed by atoms with van der Waals surface area (Å²) in [6.07, 6.45) is -2.89. The summed E-state index contributed by atoms with van der Waals surface area (Å²) >= 11 is 0. The first-order valence-corrected chi connectivity index (χ1v) is 8.35. The zero-order valence-electron chi connectivity index (χ0n) is 14.2. The number of carbonyl (C=O) groups is 2. The first-order valence-electron chi connectivity index (χ1n) is 8.35. The average Bonchev–Trinajstić information content (AvgIpc) is 3.08. The molecule has 2 aliphatic rings. The molecule has 1 unspecified atom stereocenters. The van der Waals surface area contributed by atoms with E-state index in [-0.39, 0.29) is 11.7 Å². The van der Waals surface area contributed by atoms with E-state index in [4.69, 9.17) is 4.74 Å². The highest BCUT2D eigenvalue weighted by Gasteiger charge is 2.39. The fraction of sp³-hybridized carbons (Fsp3) is 0.529. The number of aryl methyl sites for hydroxylation is 1. The Kier molecular flexibility index (Phi) is 4.97. The quantitative estimate of drug-likeness (QED) is 0.801. The summed E-state index contributed by atoms with van der Waals surface area (Å²) < 4.78 is 45.9. The maximum atomic E-state index is 13.0. The molecule has 1 saturated heterocycles. The van der Waals surface area contributed by atoms with Gasteiger partial charge in [0.05, 0.1) is 7.11 Å². The summed E-state index contributed by atoms with van der Waals surface area (Å²) in [4.78, 5) is 27.8. The van der Waals surface area contributed by atoms with Crippen LogP contribution in [0, 0.1) is 0 Å². The number of rotatable bonds is 2. The van der Waals surface area contributed by atoms with E-state index in [9.17, 15) is 22.8 Å². The second-order valence-electron chi connectivity index (χ2n) is 6.25. The van der Waals surface area contributed by atoms with Gasteiger partial charge in [-0.05, 0) is 49.4 Å². The van der Waals surface area contributed by atoms with Gasteiger partial charge in [0.2, 0.25) is 5.91 Å². The SMILES string of the molecule is COC(=O)N1CCCC1C(=O)N1CCCc2cc(OC(F)(F)F)ccc21. The minimum atomic E-state index is -4.76. The molecule has 1 fully saturated rings. The maximum absolute atomic E-state index is 13.0. The molecule has 0 aromatic heterocycles. The standard InChI is InChI=1S/C17H19F3N2O4/c1-25-16(24)22-9-3-5-14(22)15(23)21-8-2-4-11-10-12(6-7-13(11)21)26-17(18,19)20/h6-7,10,14H,2-5,8-9H2,1H3. The van der Waals surface area contributed by atoms with E-state index in [0.29, 0.717) is 50.0 Å². The van der Waals surface area contributed by atoms with Gasteiger partial charge in [-0.2, -0.15) is 0 Å². The molecule has 2 heterocycles. The summed E-state index contributed by atoms with van der Waals surface area (Å²) in [5.41, 5.74) is 1.18. The van der Waals surface area contributed by atoms with Gasteiger partial charge >= 0.3 is 12.5 Å². The zero-order chi connectivity index (χ0) is 18.9. The lowest BCUT2D eigenvalue weighted by molar-refractivity contribution is -0.274. The van der Waals surface area contributed by atoms with Crippen LogP contribution in [-0.4, -0.2) is 49.5 Å². The van der Waals surface area contributed by atoms with Crippen LogP contribution in [-0.2, 0) is 16.0 Å². The number of methoxy groups -OCH3 is 1. The molecule has 9 heteroatoms. The van der Waals surface area contributed by atoms with Crippen molar-refractivity contribution in [2.75, 3.05) is 25.1 Å². The molecular weight excluding hydrogens is 353 g/mol. The highest BCUT2D eigenvalue weighted by Crippen LogP contribution is 2.34. The van der Waals surface area contributed by atoms with E-state index in [1.807, 2.05) is 0 Å². The number of anilines is 1. The Labute approximate surface area is 148 Å². The van der Waals surface area contributed by atoms with Gasteiger partial charge < -0.3 is 14.4 Å². The molecule has 0 saturated carbocycles. The Hall–Kier alpha value is -2.45. The Morgan fingerprint density at radius 1 is 1.19 bits per heavy atom. The maximum Gasteiger partial charge on any atom is 0.573 e. The molecule has 0 spiro atoms. The molecule has 2 aliphatic heterocycles. The number of likely N-dealkylation sites (tertiary alicyclic amines) is 1. The van der Waals surface area contributed by atoms with E-state index >= 15 is 0 Å². The normalized spacial score (nSPS) is 19.9. The third-order valence-electron chi connectivity index (χ3n) is 4.62. The van der Waals surface area contributed by atoms with Crippen LogP contribution in [0.25, 0.3) is 0 Å². The first kappa shape index (κ1) is 18.3. The van der Waals surface area contributed by atoms with Gasteiger partial charge in [-0.1, -0.05) is 0 Å². The van der Waals surface area contributed by atoms with E-state index < -0.39 is 18.5 Å². The fourth-order valence-corrected chi connectivity index (χ4v) is 3.54. The van der Waals surface area contributed by atoms with Gasteiger partial charge in [0.1, 0.15) is 11.8 Å². The van der Waals surface area contributed by atoms with Crippen LogP contribution < -0.4 is 9.64 Å². The minimum Gasteiger partial charge on any atom is -0.453 e. The molecule has 0 N–H and O–H groups in total. The van der Waals surface area contributed by atoms with E-state index in [1.54, 1.807) is 4.90 Å². The largest absolute Gasteiger partial charge is 0.573 e. The van der Waals surface area contributed by atoms with E-state index in [1.165, 1.54) is 30.2 Å². The van der Waals surface area contributed by atoms with Gasteiger partial charge in [-0.25, -0.2) is 4.79 Å². The Morgan fingerprint density at radius 3 is 2.65 bits per heavy atom. The van der Waals surface area contributed by atoms with Gasteiger partial charge in [-0.3, -0.25) is 9.69 Å². The lowest BCUT2D eigenvalue weighted by Gasteiger charge is -2.33. The fourth-order valence-electron chi connectivity index (χ4n) is 3.54. The van der Waals surface area contributed by atoms with Gasteiger partial charge in [0.25, 0.3) is 0 Å². The third-order valence-corrected chi connectivity index (χ3v) is 4.62. The Balaban J connectivity index is 1.83. The summed E-state index contributed by atoms with van der Waals surface area (Å²) in [6, 6.07) is 3.37. The molecule has 26 heavy (non-hydrogen) atoms. The molecule has 142 valence electrons. The topological polar surface area (TPSA) is 59.1 Å². The Morgan fingerprint density at radius 2 is 1.96 bits per heavy atom. The summed E-state index contributed by atoms with van der Waals surface area (Å²) in [5.74, 6) is -0.541. The molecule has 0 aliphatic carbocycles. The number of nitrogens with zero attached hydrogens (tertiary/aromatic N) is 2. The van der Waals surface area contributed by atoms with Crippen LogP contribution in [0.2, 0.25) is 0 Å². The monoisotopic (exact) mass is 372 g/mol. The summed E-state index contributed by atoms with van der Waals surface area (Å²) in [7, 11) is 1.26. The van der Waals surface area contributed by atoms with Crippen LogP contribution in [0.3, 0.4) is 0 Å². The van der Waals surface area contributed by atoms with Crippen molar-refractivity contribution in [3.8, 4) is 5.75 Å². The van der Waals surface area contributed by atoms with Gasteiger partial charge in [-0.15, -0.1) is 13.2 Å². The van der Waals surface area contributed by atoms with Crippen molar-refractivity contribution < 1.29 is 32.2 Å². The first-order chi connectivity index (χ1) is 12.3. The van der Waals surface area contributed by atoms with E-state index in [2.05, 4.69) is 4.74 Å². The van der Waals surface area contributed by atoms with Crippen molar-refractivity contribution in [3.63, 3.8) is 0 Å². The summed E-state index contributed by atoms with van der Waals surface area (Å²) in [5, 5.41) is 0. The highest BCUT2D eigenvalue weighted by atomic mass is 19.4. The van der Waals surface area contributed by atoms with Crippen molar-refractivity contribution in [2.45, 2.75) is 38.1 Å². The molecule has 6 nitrogen and oxygen atoms in total. The lowest BCUT2D eigenvalue weighted by Crippen LogP contribution is -2.49. The molecule has 1 aromatic rings. The van der Waals surface area contributed by atoms with Crippen LogP contribution in [0.5, 0.6) is 5.75 Å². The number of benzene rings is 1. The predicted molar refractivity (Wildman–Crippen MR) is 85.9 cm³/mol. The average molecular weight is 372 g/mol. The van der Waals surface area contributed by atoms with Gasteiger partial charge in [0.15, 0.2) is 0 Å². The third kappa shape index (κ3) is 3.71. The number of ether oxygens (including phenoxy) is 2. The van der Waals surface area contributed by atoms with E-state index in [0.717, 1.165) is 0 Å². The zero-order valence-corrected chi connectivity index (χ0v) is 14.2. The molecule has 3 rings (SSSR count). The highest BCUT2D eigenvalue weighted by molar-refractivity contribution is 6.00. The van der Waals surface area contributed by atoms with Gasteiger partial charge in [0, 0.05) is 18.8 Å². The van der Waals surface area contributed by atoms with Crippen LogP contribution in [0.1, 0.15) is 24.8 Å². The lowest BCUT2D eigenvalue weighted by atomic mass is 10.00. The molecule has 2 amide bonds. The number of fused-ring (bicyclic) bond motifs is 1. The minimum absolute atomic E-state index is 0.238. The smallest absolute Gasteiger partial charge is 0.453 e. The van der Waals surface area contributed by atoms with Crippen LogP contribution in [0.4, 0.5) is 23.7 Å². The molecular formula is C17H19F3N2O4. The summed E-state index contributed by atoms with van der Waals surface area (Å²) in [6.45, 7) is 0.902. The van der Waals surface area contributed by atoms with Crippen LogP contribution in [0.15, 0.2) is 18.2 Å². The van der Waals surface area contributed by atoms with Crippen molar-refractivity contribution in [1.29, 1.82) is 0 Å². The molecule has 1 aromatic carbocycles. The number of carbonyl (C=O) groups excluding carboxylic acids is 2.